The van der Waals surface area contributed by atoms with Crippen molar-refractivity contribution in [3.63, 3.8) is 0 Å². The Morgan fingerprint density at radius 3 is 2.50 bits per heavy atom. The summed E-state index contributed by atoms with van der Waals surface area (Å²) in [5.74, 6) is 0.525. The van der Waals surface area contributed by atoms with Crippen molar-refractivity contribution in [3.05, 3.63) is 56.6 Å². The molecule has 0 unspecified atom stereocenters. The Bertz CT molecular complexity index is 793. The average Bonchev–Trinajstić information content (AvgIpc) is 2.57. The molecule has 0 aliphatic heterocycles. The summed E-state index contributed by atoms with van der Waals surface area (Å²) >= 11 is 6.05. The fraction of sp³-hybridized carbons (Fsp3) is 0.188. The van der Waals surface area contributed by atoms with Gasteiger partial charge in [0.2, 0.25) is 5.75 Å². The number of nitrogens with one attached hydrogen (secondary N) is 1. The maximum Gasteiger partial charge on any atom is 0.311 e. The van der Waals surface area contributed by atoms with Crippen molar-refractivity contribution >= 4 is 29.2 Å². The van der Waals surface area contributed by atoms with Crippen LogP contribution >= 0.6 is 11.6 Å². The molecule has 8 heteroatoms. The van der Waals surface area contributed by atoms with E-state index in [4.69, 9.17) is 21.1 Å². The number of nitrogens with zero attached hydrogens (tertiary/aromatic N) is 2. The average molecular weight is 350 g/mol. The number of ether oxygens (including phenoxy) is 2. The van der Waals surface area contributed by atoms with Crippen molar-refractivity contribution in [2.45, 2.75) is 6.92 Å². The number of rotatable bonds is 6. The topological polar surface area (TPSA) is 86.0 Å². The first-order chi connectivity index (χ1) is 11.5. The van der Waals surface area contributed by atoms with Crippen LogP contribution in [-0.4, -0.2) is 25.4 Å². The summed E-state index contributed by atoms with van der Waals surface area (Å²) < 4.78 is 10.2. The Balaban J connectivity index is 2.28. The van der Waals surface area contributed by atoms with Crippen LogP contribution < -0.4 is 14.9 Å². The van der Waals surface area contributed by atoms with Crippen LogP contribution in [0, 0.1) is 17.0 Å². The van der Waals surface area contributed by atoms with Gasteiger partial charge in [-0.25, -0.2) is 0 Å². The first-order valence-electron chi connectivity index (χ1n) is 6.92. The van der Waals surface area contributed by atoms with Crippen LogP contribution in [0.3, 0.4) is 0 Å². The van der Waals surface area contributed by atoms with Gasteiger partial charge in [0.05, 0.1) is 31.0 Å². The normalized spacial score (nSPS) is 10.7. The lowest BCUT2D eigenvalue weighted by atomic mass is 10.1. The molecule has 0 aromatic heterocycles. The fourth-order valence-electron chi connectivity index (χ4n) is 1.99. The molecule has 0 saturated heterocycles. The van der Waals surface area contributed by atoms with E-state index >= 15 is 0 Å². The summed E-state index contributed by atoms with van der Waals surface area (Å²) in [6.45, 7) is 1.90. The highest BCUT2D eigenvalue weighted by molar-refractivity contribution is 6.31. The monoisotopic (exact) mass is 349 g/mol. The van der Waals surface area contributed by atoms with Gasteiger partial charge in [-0.3, -0.25) is 15.5 Å². The van der Waals surface area contributed by atoms with E-state index in [0.717, 1.165) is 5.56 Å². The molecule has 0 aliphatic rings. The second kappa shape index (κ2) is 7.65. The number of aryl methyl sites for hydroxylation is 1. The fourth-order valence-corrected chi connectivity index (χ4v) is 2.17. The van der Waals surface area contributed by atoms with Crippen molar-refractivity contribution in [3.8, 4) is 11.5 Å². The molecule has 0 heterocycles. The zero-order chi connectivity index (χ0) is 17.7. The first kappa shape index (κ1) is 17.6. The lowest BCUT2D eigenvalue weighted by Gasteiger charge is -2.08. The molecule has 0 amide bonds. The molecule has 0 radical (unpaired) electrons. The maximum absolute atomic E-state index is 11.1. The van der Waals surface area contributed by atoms with Gasteiger partial charge in [0, 0.05) is 22.7 Å². The number of halogens is 1. The molecule has 2 aromatic carbocycles. The number of hydrogen-bond donors (Lipinski definition) is 1. The Morgan fingerprint density at radius 2 is 1.92 bits per heavy atom. The van der Waals surface area contributed by atoms with E-state index in [1.54, 1.807) is 6.07 Å². The van der Waals surface area contributed by atoms with Gasteiger partial charge in [-0.15, -0.1) is 0 Å². The molecule has 2 aromatic rings. The van der Waals surface area contributed by atoms with Crippen LogP contribution in [0.15, 0.2) is 35.4 Å². The smallest absolute Gasteiger partial charge is 0.311 e. The highest BCUT2D eigenvalue weighted by atomic mass is 35.5. The summed E-state index contributed by atoms with van der Waals surface area (Å²) in [6.07, 6.45) is 1.43. The molecule has 2 rings (SSSR count). The number of methoxy groups -OCH3 is 2. The molecule has 0 aliphatic carbocycles. The Labute approximate surface area is 144 Å². The molecule has 0 saturated carbocycles. The van der Waals surface area contributed by atoms with Gasteiger partial charge in [-0.05, 0) is 24.6 Å². The number of anilines is 1. The Morgan fingerprint density at radius 1 is 1.21 bits per heavy atom. The Kier molecular flexibility index (Phi) is 5.59. The second-order valence-electron chi connectivity index (χ2n) is 4.86. The van der Waals surface area contributed by atoms with E-state index in [-0.39, 0.29) is 11.4 Å². The summed E-state index contributed by atoms with van der Waals surface area (Å²) in [5.41, 5.74) is 4.75. The molecular formula is C16H16ClN3O4. The molecule has 0 fully saturated rings. The third kappa shape index (κ3) is 3.94. The predicted octanol–water partition coefficient (Wildman–Crippen LogP) is 4.02. The maximum atomic E-state index is 11.1. The van der Waals surface area contributed by atoms with Gasteiger partial charge in [-0.2, -0.15) is 5.10 Å². The SMILES string of the molecule is COc1cc(OC)c([N+](=O)[O-])cc1/C=N/Nc1ccc(C)c(Cl)c1. The van der Waals surface area contributed by atoms with E-state index < -0.39 is 4.92 Å². The zero-order valence-electron chi connectivity index (χ0n) is 13.4. The van der Waals surface area contributed by atoms with Gasteiger partial charge in [0.25, 0.3) is 0 Å². The lowest BCUT2D eigenvalue weighted by Crippen LogP contribution is -1.99. The van der Waals surface area contributed by atoms with E-state index in [1.807, 2.05) is 19.1 Å². The highest BCUT2D eigenvalue weighted by Gasteiger charge is 2.18. The van der Waals surface area contributed by atoms with Crippen molar-refractivity contribution < 1.29 is 14.4 Å². The van der Waals surface area contributed by atoms with E-state index in [2.05, 4.69) is 10.5 Å². The van der Waals surface area contributed by atoms with Crippen molar-refractivity contribution in [2.75, 3.05) is 19.6 Å². The molecule has 0 atom stereocenters. The summed E-state index contributed by atoms with van der Waals surface area (Å²) in [4.78, 5) is 10.6. The van der Waals surface area contributed by atoms with Crippen LogP contribution in [0.2, 0.25) is 5.02 Å². The number of hydrazone groups is 1. The van der Waals surface area contributed by atoms with Crippen LogP contribution in [0.4, 0.5) is 11.4 Å². The summed E-state index contributed by atoms with van der Waals surface area (Å²) in [7, 11) is 2.82. The van der Waals surface area contributed by atoms with E-state index in [1.165, 1.54) is 32.6 Å². The molecule has 0 bridgehead atoms. The van der Waals surface area contributed by atoms with Gasteiger partial charge in [-0.1, -0.05) is 17.7 Å². The predicted molar refractivity (Wildman–Crippen MR) is 93.6 cm³/mol. The van der Waals surface area contributed by atoms with Crippen LogP contribution in [-0.2, 0) is 0 Å². The standard InChI is InChI=1S/C16H16ClN3O4/c1-10-4-5-12(7-13(10)17)19-18-9-11-6-14(20(21)22)16(24-3)8-15(11)23-2/h4-9,19H,1-3H3/b18-9+. The van der Waals surface area contributed by atoms with Crippen molar-refractivity contribution in [1.29, 1.82) is 0 Å². The molecular weight excluding hydrogens is 334 g/mol. The number of hydrogen-bond acceptors (Lipinski definition) is 6. The van der Waals surface area contributed by atoms with E-state index in [0.29, 0.717) is 22.0 Å². The lowest BCUT2D eigenvalue weighted by molar-refractivity contribution is -0.385. The zero-order valence-corrected chi connectivity index (χ0v) is 14.1. The minimum atomic E-state index is -0.525. The van der Waals surface area contributed by atoms with Crippen LogP contribution in [0.1, 0.15) is 11.1 Å². The van der Waals surface area contributed by atoms with Gasteiger partial charge >= 0.3 is 5.69 Å². The quantitative estimate of drug-likeness (QED) is 0.483. The highest BCUT2D eigenvalue weighted by Crippen LogP contribution is 2.33. The number of benzene rings is 2. The third-order valence-corrected chi connectivity index (χ3v) is 3.70. The summed E-state index contributed by atoms with van der Waals surface area (Å²) in [5, 5.41) is 15.8. The first-order valence-corrected chi connectivity index (χ1v) is 7.29. The largest absolute Gasteiger partial charge is 0.496 e. The van der Waals surface area contributed by atoms with E-state index in [9.17, 15) is 10.1 Å². The minimum absolute atomic E-state index is 0.118. The Hall–Kier alpha value is -2.80. The van der Waals surface area contributed by atoms with Crippen LogP contribution in [0.5, 0.6) is 11.5 Å². The van der Waals surface area contributed by atoms with Gasteiger partial charge in [0.15, 0.2) is 0 Å². The molecule has 24 heavy (non-hydrogen) atoms. The summed E-state index contributed by atoms with van der Waals surface area (Å²) in [6, 6.07) is 8.21. The van der Waals surface area contributed by atoms with Crippen molar-refractivity contribution in [1.82, 2.24) is 0 Å². The minimum Gasteiger partial charge on any atom is -0.496 e. The van der Waals surface area contributed by atoms with Gasteiger partial charge < -0.3 is 9.47 Å². The molecule has 1 N–H and O–H groups in total. The molecule has 0 spiro atoms. The van der Waals surface area contributed by atoms with Gasteiger partial charge in [0.1, 0.15) is 5.75 Å². The van der Waals surface area contributed by atoms with Crippen molar-refractivity contribution in [2.24, 2.45) is 5.10 Å². The number of nitro groups is 1. The molecule has 126 valence electrons. The van der Waals surface area contributed by atoms with Crippen LogP contribution in [0.25, 0.3) is 0 Å². The molecule has 7 nitrogen and oxygen atoms in total. The third-order valence-electron chi connectivity index (χ3n) is 3.30. The second-order valence-corrected chi connectivity index (χ2v) is 5.26. The number of nitro benzene ring substituents is 1.